The van der Waals surface area contributed by atoms with E-state index in [1.54, 1.807) is 24.9 Å². The number of aliphatic carboxylic acids is 1. The fraction of sp³-hybridized carbons (Fsp3) is 0.652. The first-order chi connectivity index (χ1) is 30.5. The molecule has 3 aliphatic carbocycles. The number of aromatic nitrogens is 1. The molecule has 3 aliphatic heterocycles. The zero-order chi connectivity index (χ0) is 45.7. The molecule has 1 aromatic carbocycles. The fourth-order valence-corrected chi connectivity index (χ4v) is 11.0. The van der Waals surface area contributed by atoms with Gasteiger partial charge in [0.2, 0.25) is 11.8 Å². The number of nitrogens with zero attached hydrogens (tertiary/aromatic N) is 4. The van der Waals surface area contributed by atoms with Crippen molar-refractivity contribution in [3.05, 3.63) is 41.6 Å². The van der Waals surface area contributed by atoms with Crippen LogP contribution in [0, 0.1) is 23.2 Å². The Morgan fingerprint density at radius 3 is 2.50 bits per heavy atom. The quantitative estimate of drug-likeness (QED) is 0.153. The maximum atomic E-state index is 14.8. The van der Waals surface area contributed by atoms with Crippen LogP contribution in [0.3, 0.4) is 0 Å². The third kappa shape index (κ3) is 9.92. The zero-order valence-electron chi connectivity index (χ0n) is 37.6. The van der Waals surface area contributed by atoms with Crippen molar-refractivity contribution >= 4 is 63.3 Å². The molecule has 348 valence electrons. The Morgan fingerprint density at radius 1 is 1.08 bits per heavy atom. The van der Waals surface area contributed by atoms with Crippen molar-refractivity contribution in [3.8, 4) is 11.5 Å². The number of rotatable bonds is 16. The van der Waals surface area contributed by atoms with Gasteiger partial charge in [0.15, 0.2) is 5.17 Å². The number of ether oxygens (including phenoxy) is 4. The predicted octanol–water partition coefficient (Wildman–Crippen LogP) is 5.56. The van der Waals surface area contributed by atoms with Gasteiger partial charge >= 0.3 is 12.1 Å². The molecule has 2 saturated heterocycles. The van der Waals surface area contributed by atoms with Crippen molar-refractivity contribution in [1.29, 1.82) is 0 Å². The Kier molecular flexibility index (Phi) is 13.4. The van der Waals surface area contributed by atoms with Crippen LogP contribution in [0.2, 0.25) is 5.02 Å². The van der Waals surface area contributed by atoms with E-state index in [2.05, 4.69) is 27.4 Å². The number of carbonyl (C=O) groups excluding carboxylic acids is 3. The molecule has 8 rings (SSSR count). The van der Waals surface area contributed by atoms with E-state index in [1.807, 2.05) is 46.8 Å². The van der Waals surface area contributed by atoms with Gasteiger partial charge in [-0.3, -0.25) is 19.5 Å². The average molecular weight is 925 g/mol. The summed E-state index contributed by atoms with van der Waals surface area (Å²) in [6, 6.07) is 3.13. The van der Waals surface area contributed by atoms with Crippen molar-refractivity contribution in [2.45, 2.75) is 121 Å². The van der Waals surface area contributed by atoms with Crippen LogP contribution in [0.5, 0.6) is 11.5 Å². The number of benzene rings is 1. The van der Waals surface area contributed by atoms with Crippen molar-refractivity contribution < 1.29 is 43.2 Å². The molecule has 6 aliphatic rings. The maximum Gasteiger partial charge on any atom is 0.408 e. The first-order valence-corrected chi connectivity index (χ1v) is 23.9. The lowest BCUT2D eigenvalue weighted by molar-refractivity contribution is -0.146. The van der Waals surface area contributed by atoms with Gasteiger partial charge in [-0.05, 0) is 75.3 Å². The number of aliphatic imine (C=N–C) groups is 1. The molecule has 2 aromatic rings. The largest absolute Gasteiger partial charge is 0.491 e. The number of amides is 3. The molecule has 0 bridgehead atoms. The van der Waals surface area contributed by atoms with Crippen molar-refractivity contribution in [1.82, 2.24) is 30.7 Å². The first-order valence-electron chi connectivity index (χ1n) is 22.6. The smallest absolute Gasteiger partial charge is 0.408 e. The summed E-state index contributed by atoms with van der Waals surface area (Å²) < 4.78 is 24.4. The number of nitrogens with one attached hydrogen (secondary N) is 3. The number of likely N-dealkylation sites (tertiary alicyclic amines) is 2. The fourth-order valence-electron chi connectivity index (χ4n) is 9.68. The van der Waals surface area contributed by atoms with E-state index in [1.165, 1.54) is 17.4 Å². The minimum atomic E-state index is -1.53. The van der Waals surface area contributed by atoms with Gasteiger partial charge in [0.05, 0.1) is 23.9 Å². The summed E-state index contributed by atoms with van der Waals surface area (Å²) in [5, 5.41) is 20.9. The molecule has 3 amide bonds. The summed E-state index contributed by atoms with van der Waals surface area (Å²) in [5.41, 5.74) is -1.24. The number of halogens is 1. The second kappa shape index (κ2) is 18.5. The summed E-state index contributed by atoms with van der Waals surface area (Å²) in [4.78, 5) is 68.7. The Balaban J connectivity index is 1.08. The summed E-state index contributed by atoms with van der Waals surface area (Å²) in [6.07, 6.45) is 4.10. The minimum Gasteiger partial charge on any atom is -0.491 e. The lowest BCUT2D eigenvalue weighted by Crippen LogP contribution is -2.59. The van der Waals surface area contributed by atoms with Crippen LogP contribution >= 0.6 is 23.4 Å². The van der Waals surface area contributed by atoms with E-state index in [-0.39, 0.29) is 43.7 Å². The molecule has 64 heavy (non-hydrogen) atoms. The van der Waals surface area contributed by atoms with Crippen LogP contribution in [-0.4, -0.2) is 137 Å². The van der Waals surface area contributed by atoms with Crippen LogP contribution in [0.25, 0.3) is 10.9 Å². The van der Waals surface area contributed by atoms with Gasteiger partial charge in [0, 0.05) is 62.3 Å². The zero-order valence-corrected chi connectivity index (χ0v) is 39.1. The van der Waals surface area contributed by atoms with Gasteiger partial charge in [-0.25, -0.2) is 14.6 Å². The highest BCUT2D eigenvalue weighted by Gasteiger charge is 2.61. The van der Waals surface area contributed by atoms with Crippen molar-refractivity contribution in [3.63, 3.8) is 0 Å². The third-order valence-corrected chi connectivity index (χ3v) is 14.9. The number of hydrogen-bond acceptors (Lipinski definition) is 13. The number of hydrogen-bond donors (Lipinski definition) is 4. The predicted molar refractivity (Wildman–Crippen MR) is 244 cm³/mol. The number of carboxylic acids is 1. The lowest BCUT2D eigenvalue weighted by Gasteiger charge is -2.35. The third-order valence-electron chi connectivity index (χ3n) is 13.5. The Hall–Kier alpha value is -4.32. The number of amidine groups is 1. The molecule has 0 radical (unpaired) electrons. The number of carbonyl (C=O) groups is 4. The molecule has 10 atom stereocenters. The average Bonchev–Trinajstić information content (AvgIpc) is 3.72. The van der Waals surface area contributed by atoms with Gasteiger partial charge in [0.1, 0.15) is 59.0 Å². The molecule has 18 heteroatoms. The number of pyridine rings is 1. The molecule has 4 heterocycles. The summed E-state index contributed by atoms with van der Waals surface area (Å²) in [5.74, 6) is -0.0595. The summed E-state index contributed by atoms with van der Waals surface area (Å²) in [7, 11) is 1.73. The lowest BCUT2D eigenvalue weighted by atomic mass is 9.85. The Morgan fingerprint density at radius 2 is 1.84 bits per heavy atom. The topological polar surface area (TPSA) is 193 Å². The molecule has 0 spiro atoms. The molecule has 16 nitrogen and oxygen atoms in total. The van der Waals surface area contributed by atoms with E-state index >= 15 is 0 Å². The van der Waals surface area contributed by atoms with E-state index in [9.17, 15) is 24.3 Å². The second-order valence-corrected chi connectivity index (χ2v) is 21.1. The molecular formula is C46H62ClN7O9S. The van der Waals surface area contributed by atoms with Crippen molar-refractivity contribution in [2.75, 3.05) is 45.6 Å². The number of carboxylic acid groups (broad SMARTS) is 1. The first kappa shape index (κ1) is 46.2. The Bertz CT molecular complexity index is 2180. The highest BCUT2D eigenvalue weighted by atomic mass is 35.5. The van der Waals surface area contributed by atoms with Gasteiger partial charge in [-0.1, -0.05) is 50.2 Å². The Labute approximate surface area is 383 Å². The molecular weight excluding hydrogens is 862 g/mol. The van der Waals surface area contributed by atoms with E-state index in [0.29, 0.717) is 63.9 Å². The molecule has 2 unspecified atom stereocenters. The molecule has 3 saturated carbocycles. The number of alkyl carbamates (subject to hydrolysis) is 1. The van der Waals surface area contributed by atoms with E-state index < -0.39 is 58.9 Å². The van der Waals surface area contributed by atoms with Crippen LogP contribution in [0.4, 0.5) is 4.79 Å². The minimum absolute atomic E-state index is 0.0343. The number of fused-ring (bicyclic) bond motifs is 2. The normalized spacial score (nSPS) is 30.1. The summed E-state index contributed by atoms with van der Waals surface area (Å²) >= 11 is 8.74. The molecule has 5 fully saturated rings. The number of methoxy groups -OCH3 is 1. The van der Waals surface area contributed by atoms with Crippen LogP contribution in [0.15, 0.2) is 35.8 Å². The van der Waals surface area contributed by atoms with Gasteiger partial charge in [-0.15, -0.1) is 6.58 Å². The standard InChI is InChI=1S/C46H62ClN7O9S/c1-8-27-20-46(27,42(57)58)52-40(55)34-18-30(22-54(34)41(56)39(45(4,5)6)51-44(59)63-29-16-25-15-26(25)17-29)62-36-19-32(33-23-64-43(50-33)48-24(2)3)49-38-31(36)9-10-35(37(38)47)61-14-13-53-12-11-28(21-53)60-7/h8-10,19,24-30,33-34,39H,1,11-18,20-23H2,2-7H3,(H,48,50)(H,51,59)(H,52,55)(H,57,58)/t25-,26+,27-,28-,29+,30-,33?,34+,39-,46?/m1/s1. The van der Waals surface area contributed by atoms with Crippen molar-refractivity contribution in [2.24, 2.45) is 28.2 Å². The van der Waals surface area contributed by atoms with E-state index in [4.69, 9.17) is 40.5 Å². The van der Waals surface area contributed by atoms with Crippen LogP contribution in [0.1, 0.15) is 84.9 Å². The second-order valence-electron chi connectivity index (χ2n) is 19.7. The van der Waals surface area contributed by atoms with Gasteiger partial charge in [-0.2, -0.15) is 0 Å². The summed E-state index contributed by atoms with van der Waals surface area (Å²) in [6.45, 7) is 16.2. The molecule has 4 N–H and O–H groups in total. The highest BCUT2D eigenvalue weighted by molar-refractivity contribution is 8.14. The number of thioether (sulfide) groups is 1. The van der Waals surface area contributed by atoms with E-state index in [0.717, 1.165) is 37.5 Å². The van der Waals surface area contributed by atoms with Gasteiger partial charge in [0.25, 0.3) is 0 Å². The highest BCUT2D eigenvalue weighted by Crippen LogP contribution is 2.52. The van der Waals surface area contributed by atoms with Gasteiger partial charge < -0.3 is 44.9 Å². The molecule has 1 aromatic heterocycles. The SMILES string of the molecule is C=C[C@@H]1CC1(NC(=O)[C@@H]1C[C@@H](Oc2cc(C3CSC(NC(C)C)=N3)nc3c(Cl)c(OCCN4CC[C@@H](OC)C4)ccc23)CN1C(=O)[C@@H](NC(=O)O[C@@H]1C[C@@H]2C[C@@H]2C1)C(C)(C)C)C(=O)O. The van der Waals surface area contributed by atoms with Crippen LogP contribution < -0.4 is 25.4 Å². The van der Waals surface area contributed by atoms with Crippen LogP contribution in [-0.2, 0) is 23.9 Å². The maximum absolute atomic E-state index is 14.8. The monoisotopic (exact) mass is 923 g/mol.